The number of carbonyl (C=O) groups is 1. The van der Waals surface area contributed by atoms with Crippen LogP contribution in [0.4, 0.5) is 0 Å². The molecule has 2 unspecified atom stereocenters. The third kappa shape index (κ3) is 10.3. The molecule has 24 heavy (non-hydrogen) atoms. The molecule has 0 saturated heterocycles. The highest BCUT2D eigenvalue weighted by atomic mass is 16.1. The van der Waals surface area contributed by atoms with Crippen LogP contribution in [0.3, 0.4) is 0 Å². The first-order valence-electron chi connectivity index (χ1n) is 9.46. The average molecular weight is 335 g/mol. The molecule has 0 bridgehead atoms. The van der Waals surface area contributed by atoms with E-state index in [0.29, 0.717) is 18.4 Å². The molecule has 1 amide bonds. The Morgan fingerprint density at radius 3 is 2.38 bits per heavy atom. The first kappa shape index (κ1) is 22.5. The summed E-state index contributed by atoms with van der Waals surface area (Å²) in [5, 5.41) is 6.39. The van der Waals surface area contributed by atoms with Crippen LogP contribution in [0.5, 0.6) is 0 Å². The summed E-state index contributed by atoms with van der Waals surface area (Å²) in [5.41, 5.74) is 1.09. The van der Waals surface area contributed by atoms with Gasteiger partial charge in [-0.25, -0.2) is 0 Å². The lowest BCUT2D eigenvalue weighted by molar-refractivity contribution is -0.126. The van der Waals surface area contributed by atoms with E-state index in [0.717, 1.165) is 37.9 Å². The van der Waals surface area contributed by atoms with E-state index in [1.54, 1.807) is 0 Å². The summed E-state index contributed by atoms with van der Waals surface area (Å²) in [6.07, 6.45) is 12.5. The van der Waals surface area contributed by atoms with Crippen molar-refractivity contribution in [2.24, 2.45) is 17.8 Å². The lowest BCUT2D eigenvalue weighted by Gasteiger charge is -2.19. The number of nitrogens with one attached hydrogen (secondary N) is 2. The SMILES string of the molecule is C=CCNC(=C\C(C)CC)/C=C/CNC(=O)C(CCCC)C(C)C. The Balaban J connectivity index is 4.55. The van der Waals surface area contributed by atoms with Crippen molar-refractivity contribution in [3.05, 3.63) is 36.6 Å². The van der Waals surface area contributed by atoms with Crippen LogP contribution in [0.15, 0.2) is 36.6 Å². The fraction of sp³-hybridized carbons (Fsp3) is 0.667. The predicted molar refractivity (Wildman–Crippen MR) is 106 cm³/mol. The molecule has 0 aliphatic carbocycles. The van der Waals surface area contributed by atoms with Crippen LogP contribution >= 0.6 is 0 Å². The Bertz CT molecular complexity index is 410. The Labute approximate surface area is 149 Å². The first-order valence-corrected chi connectivity index (χ1v) is 9.46. The summed E-state index contributed by atoms with van der Waals surface area (Å²) >= 11 is 0. The number of unbranched alkanes of at least 4 members (excludes halogenated alkanes) is 1. The standard InChI is InChI=1S/C21H38N2O/c1-7-10-13-20(17(4)5)21(24)23-15-11-12-19(22-14-8-2)16-18(6)9-3/h8,11-12,16-18,20,22H,2,7,9-10,13-15H2,1,3-6H3,(H,23,24)/b12-11+,19-16-. The Morgan fingerprint density at radius 1 is 1.12 bits per heavy atom. The van der Waals surface area contributed by atoms with Crippen LogP contribution in [0.25, 0.3) is 0 Å². The van der Waals surface area contributed by atoms with Crippen molar-refractivity contribution in [2.45, 2.75) is 60.3 Å². The molecule has 0 aromatic rings. The zero-order valence-corrected chi connectivity index (χ0v) is 16.4. The van der Waals surface area contributed by atoms with E-state index in [9.17, 15) is 4.79 Å². The van der Waals surface area contributed by atoms with Gasteiger partial charge in [-0.15, -0.1) is 6.58 Å². The van der Waals surface area contributed by atoms with Crippen LogP contribution in [0.1, 0.15) is 60.3 Å². The molecule has 0 rings (SSSR count). The molecule has 0 aliphatic rings. The fourth-order valence-corrected chi connectivity index (χ4v) is 2.46. The van der Waals surface area contributed by atoms with Gasteiger partial charge in [-0.1, -0.05) is 72.1 Å². The van der Waals surface area contributed by atoms with Gasteiger partial charge in [0.05, 0.1) is 0 Å². The minimum atomic E-state index is 0.118. The number of amides is 1. The van der Waals surface area contributed by atoms with Gasteiger partial charge in [-0.05, 0) is 24.3 Å². The van der Waals surface area contributed by atoms with E-state index in [1.807, 2.05) is 18.2 Å². The molecule has 0 saturated carbocycles. The normalized spacial score (nSPS) is 14.7. The first-order chi connectivity index (χ1) is 11.5. The lowest BCUT2D eigenvalue weighted by Crippen LogP contribution is -2.33. The number of hydrogen-bond acceptors (Lipinski definition) is 2. The van der Waals surface area contributed by atoms with Gasteiger partial charge in [0.15, 0.2) is 0 Å². The molecule has 3 nitrogen and oxygen atoms in total. The van der Waals surface area contributed by atoms with Crippen LogP contribution in [-0.4, -0.2) is 19.0 Å². The van der Waals surface area contributed by atoms with Gasteiger partial charge in [0.1, 0.15) is 0 Å². The average Bonchev–Trinajstić information content (AvgIpc) is 2.55. The summed E-state index contributed by atoms with van der Waals surface area (Å²) in [5.74, 6) is 1.20. The maximum absolute atomic E-state index is 12.3. The zero-order chi connectivity index (χ0) is 18.4. The van der Waals surface area contributed by atoms with E-state index in [1.165, 1.54) is 0 Å². The van der Waals surface area contributed by atoms with E-state index in [4.69, 9.17) is 0 Å². The molecule has 0 aromatic carbocycles. The number of rotatable bonds is 13. The van der Waals surface area contributed by atoms with Gasteiger partial charge < -0.3 is 10.6 Å². The second kappa shape index (κ2) is 13.9. The maximum Gasteiger partial charge on any atom is 0.223 e. The molecule has 0 radical (unpaired) electrons. The maximum atomic E-state index is 12.3. The summed E-state index contributed by atoms with van der Waals surface area (Å²) in [7, 11) is 0. The van der Waals surface area contributed by atoms with E-state index < -0.39 is 0 Å². The molecule has 0 aromatic heterocycles. The van der Waals surface area contributed by atoms with Crippen LogP contribution in [-0.2, 0) is 4.79 Å². The fourth-order valence-electron chi connectivity index (χ4n) is 2.46. The highest BCUT2D eigenvalue weighted by Crippen LogP contribution is 2.18. The molecule has 138 valence electrons. The lowest BCUT2D eigenvalue weighted by atomic mass is 9.90. The van der Waals surface area contributed by atoms with E-state index in [-0.39, 0.29) is 11.8 Å². The van der Waals surface area contributed by atoms with Gasteiger partial charge in [0, 0.05) is 24.7 Å². The molecule has 2 atom stereocenters. The molecule has 3 heteroatoms. The molecular weight excluding hydrogens is 296 g/mol. The number of carbonyl (C=O) groups excluding carboxylic acids is 1. The van der Waals surface area contributed by atoms with Crippen LogP contribution < -0.4 is 10.6 Å². The van der Waals surface area contributed by atoms with Crippen molar-refractivity contribution < 1.29 is 4.79 Å². The number of allylic oxidation sites excluding steroid dienone is 2. The van der Waals surface area contributed by atoms with Gasteiger partial charge >= 0.3 is 0 Å². The van der Waals surface area contributed by atoms with Crippen LogP contribution in [0.2, 0.25) is 0 Å². The molecule has 0 heterocycles. The van der Waals surface area contributed by atoms with Crippen molar-refractivity contribution in [2.75, 3.05) is 13.1 Å². The quantitative estimate of drug-likeness (QED) is 0.374. The predicted octanol–water partition coefficient (Wildman–Crippen LogP) is 4.83. The van der Waals surface area contributed by atoms with Gasteiger partial charge in [-0.2, -0.15) is 0 Å². The Morgan fingerprint density at radius 2 is 1.83 bits per heavy atom. The zero-order valence-electron chi connectivity index (χ0n) is 16.4. The van der Waals surface area contributed by atoms with Gasteiger partial charge in [0.25, 0.3) is 0 Å². The van der Waals surface area contributed by atoms with Crippen molar-refractivity contribution in [3.8, 4) is 0 Å². The molecule has 0 spiro atoms. The summed E-state index contributed by atoms with van der Waals surface area (Å²) in [6.45, 7) is 15.9. The van der Waals surface area contributed by atoms with Crippen molar-refractivity contribution in [1.29, 1.82) is 0 Å². The summed E-state index contributed by atoms with van der Waals surface area (Å²) < 4.78 is 0. The van der Waals surface area contributed by atoms with Crippen molar-refractivity contribution in [3.63, 3.8) is 0 Å². The van der Waals surface area contributed by atoms with E-state index >= 15 is 0 Å². The molecular formula is C21H38N2O. The monoisotopic (exact) mass is 334 g/mol. The molecule has 0 fully saturated rings. The van der Waals surface area contributed by atoms with Crippen LogP contribution in [0, 0.1) is 17.8 Å². The van der Waals surface area contributed by atoms with E-state index in [2.05, 4.69) is 57.9 Å². The largest absolute Gasteiger partial charge is 0.382 e. The smallest absolute Gasteiger partial charge is 0.223 e. The van der Waals surface area contributed by atoms with Crippen molar-refractivity contribution in [1.82, 2.24) is 10.6 Å². The second-order valence-electron chi connectivity index (χ2n) is 6.82. The highest BCUT2D eigenvalue weighted by molar-refractivity contribution is 5.79. The highest BCUT2D eigenvalue weighted by Gasteiger charge is 2.20. The third-order valence-electron chi connectivity index (χ3n) is 4.26. The topological polar surface area (TPSA) is 41.1 Å². The third-order valence-corrected chi connectivity index (χ3v) is 4.26. The van der Waals surface area contributed by atoms with Crippen molar-refractivity contribution >= 4 is 5.91 Å². The minimum Gasteiger partial charge on any atom is -0.382 e. The summed E-state index contributed by atoms with van der Waals surface area (Å²) in [4.78, 5) is 12.3. The van der Waals surface area contributed by atoms with Gasteiger partial charge in [0.2, 0.25) is 5.91 Å². The van der Waals surface area contributed by atoms with Gasteiger partial charge in [-0.3, -0.25) is 4.79 Å². The summed E-state index contributed by atoms with van der Waals surface area (Å²) in [6, 6.07) is 0. The minimum absolute atomic E-state index is 0.118. The number of hydrogen-bond donors (Lipinski definition) is 2. The Kier molecular flexibility index (Phi) is 13.0. The second-order valence-corrected chi connectivity index (χ2v) is 6.82. The molecule has 0 aliphatic heterocycles. The molecule has 2 N–H and O–H groups in total. The Hall–Kier alpha value is -1.51.